The van der Waals surface area contributed by atoms with E-state index in [1.165, 1.54) is 10.9 Å². The van der Waals surface area contributed by atoms with E-state index in [-0.39, 0.29) is 11.3 Å². The fourth-order valence-corrected chi connectivity index (χ4v) is 2.36. The van der Waals surface area contributed by atoms with Crippen molar-refractivity contribution in [1.82, 2.24) is 5.43 Å². The lowest BCUT2D eigenvalue weighted by atomic mass is 10.2. The molecule has 0 bridgehead atoms. The van der Waals surface area contributed by atoms with Crippen LogP contribution in [0.2, 0.25) is 0 Å². The first-order valence-corrected chi connectivity index (χ1v) is 6.72. The molecule has 1 heterocycles. The quantitative estimate of drug-likeness (QED) is 0.665. The molecule has 2 rings (SSSR count). The third kappa shape index (κ3) is 3.42. The third-order valence-electron chi connectivity index (χ3n) is 2.54. The highest BCUT2D eigenvalue weighted by atomic mass is 32.1. The Bertz CT molecular complexity index is 605. The number of carbonyl (C=O) groups excluding carboxylic acids is 1. The van der Waals surface area contributed by atoms with Crippen molar-refractivity contribution in [3.63, 3.8) is 0 Å². The number of benzene rings is 1. The number of aryl methyl sites for hydroxylation is 1. The van der Waals surface area contributed by atoms with Crippen molar-refractivity contribution in [3.8, 4) is 5.75 Å². The maximum atomic E-state index is 11.7. The minimum absolute atomic E-state index is 0.0559. The summed E-state index contributed by atoms with van der Waals surface area (Å²) in [5.41, 5.74) is 2.60. The van der Waals surface area contributed by atoms with Crippen LogP contribution < -0.4 is 5.43 Å². The second-order valence-corrected chi connectivity index (χ2v) is 5.07. The summed E-state index contributed by atoms with van der Waals surface area (Å²) in [4.78, 5) is 14.0. The highest BCUT2D eigenvalue weighted by Crippen LogP contribution is 2.16. The molecule has 0 saturated carbocycles. The average Bonchev–Trinajstić information content (AvgIpc) is 2.87. The number of hydrogen-bond acceptors (Lipinski definition) is 4. The van der Waals surface area contributed by atoms with E-state index in [1.807, 2.05) is 12.1 Å². The maximum absolute atomic E-state index is 11.7. The van der Waals surface area contributed by atoms with Gasteiger partial charge < -0.3 is 5.11 Å². The van der Waals surface area contributed by atoms with Gasteiger partial charge in [0, 0.05) is 9.75 Å². The first-order chi connectivity index (χ1) is 9.20. The van der Waals surface area contributed by atoms with E-state index >= 15 is 0 Å². The number of aromatic hydroxyl groups is 1. The van der Waals surface area contributed by atoms with Crippen molar-refractivity contribution in [1.29, 1.82) is 0 Å². The van der Waals surface area contributed by atoms with Crippen LogP contribution in [-0.2, 0) is 6.42 Å². The monoisotopic (exact) mass is 274 g/mol. The zero-order chi connectivity index (χ0) is 13.7. The highest BCUT2D eigenvalue weighted by molar-refractivity contribution is 7.13. The summed E-state index contributed by atoms with van der Waals surface area (Å²) in [6.45, 7) is 2.09. The van der Waals surface area contributed by atoms with Gasteiger partial charge in [0.2, 0.25) is 0 Å². The van der Waals surface area contributed by atoms with E-state index in [0.717, 1.165) is 11.3 Å². The smallest absolute Gasteiger partial charge is 0.275 e. The van der Waals surface area contributed by atoms with E-state index in [0.29, 0.717) is 0 Å². The van der Waals surface area contributed by atoms with Crippen LogP contribution in [0.5, 0.6) is 5.75 Å². The minimum atomic E-state index is -0.429. The number of nitrogens with zero attached hydrogens (tertiary/aromatic N) is 1. The Balaban J connectivity index is 1.99. The number of hydrogen-bond donors (Lipinski definition) is 2. The molecule has 0 spiro atoms. The van der Waals surface area contributed by atoms with Crippen LogP contribution in [0.4, 0.5) is 0 Å². The molecule has 0 atom stereocenters. The summed E-state index contributed by atoms with van der Waals surface area (Å²) in [6.07, 6.45) is 2.59. The van der Waals surface area contributed by atoms with Gasteiger partial charge in [-0.25, -0.2) is 5.43 Å². The number of phenolic OH excluding ortho intramolecular Hbond substituents is 1. The number of nitrogens with one attached hydrogen (secondary N) is 1. The van der Waals surface area contributed by atoms with Crippen LogP contribution in [-0.4, -0.2) is 17.2 Å². The van der Waals surface area contributed by atoms with E-state index in [2.05, 4.69) is 17.5 Å². The lowest BCUT2D eigenvalue weighted by Gasteiger charge is -2.01. The predicted molar refractivity (Wildman–Crippen MR) is 76.9 cm³/mol. The third-order valence-corrected chi connectivity index (χ3v) is 3.70. The van der Waals surface area contributed by atoms with Crippen LogP contribution in [0.1, 0.15) is 27.0 Å². The molecule has 2 N–H and O–H groups in total. The molecule has 0 aliphatic heterocycles. The lowest BCUT2D eigenvalue weighted by Crippen LogP contribution is -2.17. The molecule has 98 valence electrons. The molecule has 19 heavy (non-hydrogen) atoms. The highest BCUT2D eigenvalue weighted by Gasteiger charge is 2.08. The van der Waals surface area contributed by atoms with Gasteiger partial charge in [-0.2, -0.15) is 5.10 Å². The number of thiophene rings is 1. The molecule has 1 amide bonds. The van der Waals surface area contributed by atoms with Crippen molar-refractivity contribution in [2.24, 2.45) is 5.10 Å². The molecule has 5 heteroatoms. The molecule has 1 aromatic heterocycles. The summed E-state index contributed by atoms with van der Waals surface area (Å²) in [6, 6.07) is 10.3. The second-order valence-electron chi connectivity index (χ2n) is 3.87. The van der Waals surface area contributed by atoms with Crippen molar-refractivity contribution in [2.75, 3.05) is 0 Å². The first kappa shape index (κ1) is 13.3. The number of hydrazone groups is 1. The summed E-state index contributed by atoms with van der Waals surface area (Å²) in [5.74, 6) is -0.485. The molecular formula is C14H14N2O2S. The largest absolute Gasteiger partial charge is 0.507 e. The van der Waals surface area contributed by atoms with Gasteiger partial charge >= 0.3 is 0 Å². The second kappa shape index (κ2) is 6.15. The Morgan fingerprint density at radius 3 is 2.84 bits per heavy atom. The lowest BCUT2D eigenvalue weighted by molar-refractivity contribution is 0.0952. The molecule has 0 aliphatic carbocycles. The van der Waals surface area contributed by atoms with Crippen molar-refractivity contribution in [2.45, 2.75) is 13.3 Å². The van der Waals surface area contributed by atoms with Gasteiger partial charge in [0.25, 0.3) is 5.91 Å². The van der Waals surface area contributed by atoms with E-state index in [9.17, 15) is 9.90 Å². The zero-order valence-electron chi connectivity index (χ0n) is 10.5. The molecule has 0 radical (unpaired) electrons. The van der Waals surface area contributed by atoms with Crippen LogP contribution in [0.3, 0.4) is 0 Å². The molecule has 0 fully saturated rings. The Labute approximate surface area is 115 Å². The number of amides is 1. The van der Waals surface area contributed by atoms with Gasteiger partial charge in [0.05, 0.1) is 11.8 Å². The summed E-state index contributed by atoms with van der Waals surface area (Å²) in [5, 5.41) is 13.4. The van der Waals surface area contributed by atoms with Crippen molar-refractivity contribution >= 4 is 23.5 Å². The van der Waals surface area contributed by atoms with Crippen LogP contribution in [0.15, 0.2) is 41.5 Å². The first-order valence-electron chi connectivity index (χ1n) is 5.91. The molecular weight excluding hydrogens is 260 g/mol. The summed E-state index contributed by atoms with van der Waals surface area (Å²) < 4.78 is 0. The van der Waals surface area contributed by atoms with Crippen molar-refractivity contribution in [3.05, 3.63) is 51.7 Å². The Hall–Kier alpha value is -2.14. The molecule has 2 aromatic rings. The van der Waals surface area contributed by atoms with E-state index in [1.54, 1.807) is 35.8 Å². The molecule has 4 nitrogen and oxygen atoms in total. The van der Waals surface area contributed by atoms with Gasteiger partial charge in [0.1, 0.15) is 5.75 Å². The number of rotatable bonds is 4. The van der Waals surface area contributed by atoms with Gasteiger partial charge in [0.15, 0.2) is 0 Å². The van der Waals surface area contributed by atoms with E-state index in [4.69, 9.17) is 0 Å². The molecule has 0 unspecified atom stereocenters. The van der Waals surface area contributed by atoms with Gasteiger partial charge in [-0.05, 0) is 30.7 Å². The molecule has 1 aromatic carbocycles. The summed E-state index contributed by atoms with van der Waals surface area (Å²) in [7, 11) is 0. The standard InChI is InChI=1S/C14H14N2O2S/c1-2-10-7-8-11(19-10)9-15-16-14(18)12-5-3-4-6-13(12)17/h3-9,17H,2H2,1H3,(H,16,18)/b15-9+. The average molecular weight is 274 g/mol. The number of carbonyl (C=O) groups is 1. The topological polar surface area (TPSA) is 61.7 Å². The molecule has 0 aliphatic rings. The normalized spacial score (nSPS) is 10.8. The zero-order valence-corrected chi connectivity index (χ0v) is 11.3. The van der Waals surface area contributed by atoms with Crippen LogP contribution in [0.25, 0.3) is 0 Å². The van der Waals surface area contributed by atoms with Crippen LogP contribution >= 0.6 is 11.3 Å². The number of para-hydroxylation sites is 1. The maximum Gasteiger partial charge on any atom is 0.275 e. The van der Waals surface area contributed by atoms with Gasteiger partial charge in [-0.3, -0.25) is 4.79 Å². The van der Waals surface area contributed by atoms with Gasteiger partial charge in [-0.1, -0.05) is 19.1 Å². The SMILES string of the molecule is CCc1ccc(/C=N/NC(=O)c2ccccc2O)s1. The Morgan fingerprint density at radius 1 is 1.37 bits per heavy atom. The fourth-order valence-electron chi connectivity index (χ4n) is 1.53. The van der Waals surface area contributed by atoms with Gasteiger partial charge in [-0.15, -0.1) is 11.3 Å². The Morgan fingerprint density at radius 2 is 2.16 bits per heavy atom. The minimum Gasteiger partial charge on any atom is -0.507 e. The molecule has 0 saturated heterocycles. The fraction of sp³-hybridized carbons (Fsp3) is 0.143. The summed E-state index contributed by atoms with van der Waals surface area (Å²) >= 11 is 1.63. The van der Waals surface area contributed by atoms with Crippen molar-refractivity contribution < 1.29 is 9.90 Å². The van der Waals surface area contributed by atoms with Crippen LogP contribution in [0, 0.1) is 0 Å². The van der Waals surface area contributed by atoms with E-state index < -0.39 is 5.91 Å². The predicted octanol–water partition coefficient (Wildman–Crippen LogP) is 2.78. The Kier molecular flexibility index (Phi) is 4.30. The number of phenols is 1.